The largest absolute Gasteiger partial charge is 0.494 e. The van der Waals surface area contributed by atoms with Crippen molar-refractivity contribution in [1.82, 2.24) is 4.90 Å². The van der Waals surface area contributed by atoms with E-state index in [-0.39, 0.29) is 24.7 Å². The Morgan fingerprint density at radius 3 is 2.27 bits per heavy atom. The van der Waals surface area contributed by atoms with Gasteiger partial charge in [-0.25, -0.2) is 0 Å². The molecule has 1 amide bonds. The first kappa shape index (κ1) is 21.4. The van der Waals surface area contributed by atoms with E-state index in [9.17, 15) is 28.1 Å². The number of ether oxygens (including phenoxy) is 1. The van der Waals surface area contributed by atoms with E-state index in [0.29, 0.717) is 37.1 Å². The van der Waals surface area contributed by atoms with Crippen LogP contribution in [-0.2, 0) is 6.18 Å². The molecule has 160 valence electrons. The maximum absolute atomic E-state index is 12.9. The van der Waals surface area contributed by atoms with Gasteiger partial charge in [0, 0.05) is 37.8 Å². The van der Waals surface area contributed by atoms with Gasteiger partial charge in [0.15, 0.2) is 0 Å². The minimum absolute atomic E-state index is 0.112. The molecule has 0 atom stereocenters. The number of hydrogen-bond donors (Lipinski definition) is 0. The molecular formula is C20H20F3N3O4. The number of amides is 1. The average Bonchev–Trinajstić information content (AvgIpc) is 2.73. The van der Waals surface area contributed by atoms with Crippen LogP contribution in [0.5, 0.6) is 5.75 Å². The van der Waals surface area contributed by atoms with E-state index in [2.05, 4.69) is 0 Å². The number of hydrogen-bond acceptors (Lipinski definition) is 5. The highest BCUT2D eigenvalue weighted by atomic mass is 19.4. The van der Waals surface area contributed by atoms with Crippen molar-refractivity contribution in [2.24, 2.45) is 0 Å². The smallest absolute Gasteiger partial charge is 0.416 e. The van der Waals surface area contributed by atoms with E-state index in [1.807, 2.05) is 6.92 Å². The van der Waals surface area contributed by atoms with E-state index >= 15 is 0 Å². The molecular weight excluding hydrogens is 403 g/mol. The third kappa shape index (κ3) is 4.64. The fourth-order valence-electron chi connectivity index (χ4n) is 3.31. The molecule has 0 unspecified atom stereocenters. The molecule has 2 aromatic rings. The Hall–Kier alpha value is -3.30. The lowest BCUT2D eigenvalue weighted by Crippen LogP contribution is -2.49. The van der Waals surface area contributed by atoms with Crippen molar-refractivity contribution in [3.8, 4) is 5.75 Å². The monoisotopic (exact) mass is 423 g/mol. The molecule has 0 spiro atoms. The van der Waals surface area contributed by atoms with E-state index in [0.717, 1.165) is 12.1 Å². The predicted molar refractivity (Wildman–Crippen MR) is 104 cm³/mol. The van der Waals surface area contributed by atoms with Crippen molar-refractivity contribution in [2.45, 2.75) is 13.1 Å². The highest BCUT2D eigenvalue weighted by Crippen LogP contribution is 2.36. The lowest BCUT2D eigenvalue weighted by Gasteiger charge is -2.36. The molecule has 1 heterocycles. The summed E-state index contributed by atoms with van der Waals surface area (Å²) in [6.45, 7) is 3.52. The number of nitrogens with zero attached hydrogens (tertiary/aromatic N) is 3. The molecule has 0 bridgehead atoms. The van der Waals surface area contributed by atoms with Crippen molar-refractivity contribution in [3.05, 3.63) is 63.7 Å². The van der Waals surface area contributed by atoms with Crippen molar-refractivity contribution >= 4 is 17.3 Å². The number of carbonyl (C=O) groups is 1. The van der Waals surface area contributed by atoms with Crippen LogP contribution in [0.3, 0.4) is 0 Å². The molecule has 0 N–H and O–H groups in total. The second-order valence-electron chi connectivity index (χ2n) is 6.70. The van der Waals surface area contributed by atoms with Gasteiger partial charge < -0.3 is 14.5 Å². The minimum Gasteiger partial charge on any atom is -0.494 e. The summed E-state index contributed by atoms with van der Waals surface area (Å²) in [5.74, 6) is 0.480. The van der Waals surface area contributed by atoms with Crippen molar-refractivity contribution in [3.63, 3.8) is 0 Å². The summed E-state index contributed by atoms with van der Waals surface area (Å²) < 4.78 is 44.0. The number of benzene rings is 2. The molecule has 2 aromatic carbocycles. The number of carbonyl (C=O) groups excluding carboxylic acids is 1. The molecule has 7 nitrogen and oxygen atoms in total. The van der Waals surface area contributed by atoms with Crippen LogP contribution in [-0.4, -0.2) is 48.5 Å². The Bertz CT molecular complexity index is 924. The fourth-order valence-corrected chi connectivity index (χ4v) is 3.31. The second kappa shape index (κ2) is 8.60. The zero-order chi connectivity index (χ0) is 21.9. The summed E-state index contributed by atoms with van der Waals surface area (Å²) in [6, 6.07) is 9.25. The second-order valence-corrected chi connectivity index (χ2v) is 6.70. The molecule has 0 saturated carbocycles. The van der Waals surface area contributed by atoms with Crippen LogP contribution in [0, 0.1) is 10.1 Å². The van der Waals surface area contributed by atoms with Gasteiger partial charge in [0.05, 0.1) is 17.1 Å². The number of anilines is 1. The zero-order valence-corrected chi connectivity index (χ0v) is 16.2. The quantitative estimate of drug-likeness (QED) is 0.537. The number of rotatable bonds is 5. The molecule has 0 radical (unpaired) electrons. The summed E-state index contributed by atoms with van der Waals surface area (Å²) in [4.78, 5) is 26.4. The lowest BCUT2D eigenvalue weighted by atomic mass is 10.1. The Morgan fingerprint density at radius 2 is 1.73 bits per heavy atom. The van der Waals surface area contributed by atoms with Crippen LogP contribution >= 0.6 is 0 Å². The number of nitro groups is 1. The third-order valence-corrected chi connectivity index (χ3v) is 4.82. The first-order valence-electron chi connectivity index (χ1n) is 9.33. The highest BCUT2D eigenvalue weighted by Gasteiger charge is 2.34. The van der Waals surface area contributed by atoms with Gasteiger partial charge >= 0.3 is 6.18 Å². The minimum atomic E-state index is -4.66. The van der Waals surface area contributed by atoms with Crippen LogP contribution in [0.15, 0.2) is 42.5 Å². The maximum Gasteiger partial charge on any atom is 0.416 e. The standard InChI is InChI=1S/C20H20F3N3O4/c1-2-30-16-6-3-14(4-7-16)19(27)25-11-9-24(10-12-25)17-8-5-15(20(21,22)23)13-18(17)26(28)29/h3-8,13H,2,9-12H2,1H3. The molecule has 0 aliphatic carbocycles. The van der Waals surface area contributed by atoms with E-state index in [1.54, 1.807) is 34.1 Å². The Labute approximate surface area is 170 Å². The Morgan fingerprint density at radius 1 is 1.10 bits per heavy atom. The first-order valence-corrected chi connectivity index (χ1v) is 9.33. The Kier molecular flexibility index (Phi) is 6.14. The molecule has 30 heavy (non-hydrogen) atoms. The summed E-state index contributed by atoms with van der Waals surface area (Å²) in [6.07, 6.45) is -4.66. The summed E-state index contributed by atoms with van der Waals surface area (Å²) in [5, 5.41) is 11.3. The number of alkyl halides is 3. The van der Waals surface area contributed by atoms with Crippen molar-refractivity contribution < 1.29 is 27.6 Å². The van der Waals surface area contributed by atoms with Crippen LogP contribution in [0.1, 0.15) is 22.8 Å². The van der Waals surface area contributed by atoms with Gasteiger partial charge in [0.1, 0.15) is 11.4 Å². The molecule has 1 aliphatic rings. The summed E-state index contributed by atoms with van der Waals surface area (Å²) >= 11 is 0. The molecule has 3 rings (SSSR count). The van der Waals surface area contributed by atoms with E-state index in [4.69, 9.17) is 4.74 Å². The molecule has 1 fully saturated rings. The maximum atomic E-state index is 12.9. The normalized spacial score (nSPS) is 14.5. The number of piperazine rings is 1. The topological polar surface area (TPSA) is 75.9 Å². The molecule has 1 aliphatic heterocycles. The fraction of sp³-hybridized carbons (Fsp3) is 0.350. The van der Waals surface area contributed by atoms with Gasteiger partial charge in [-0.1, -0.05) is 0 Å². The van der Waals surface area contributed by atoms with Crippen molar-refractivity contribution in [1.29, 1.82) is 0 Å². The highest BCUT2D eigenvalue weighted by molar-refractivity contribution is 5.94. The SMILES string of the molecule is CCOc1ccc(C(=O)N2CCN(c3ccc(C(F)(F)F)cc3[N+](=O)[O-])CC2)cc1. The number of nitro benzene ring substituents is 1. The summed E-state index contributed by atoms with van der Waals surface area (Å²) in [7, 11) is 0. The van der Waals surface area contributed by atoms with Crippen LogP contribution in [0.2, 0.25) is 0 Å². The third-order valence-electron chi connectivity index (χ3n) is 4.82. The van der Waals surface area contributed by atoms with Crippen LogP contribution in [0.4, 0.5) is 24.5 Å². The molecule has 1 saturated heterocycles. The van der Waals surface area contributed by atoms with Gasteiger partial charge in [0.2, 0.25) is 0 Å². The van der Waals surface area contributed by atoms with E-state index < -0.39 is 22.4 Å². The first-order chi connectivity index (χ1) is 14.2. The van der Waals surface area contributed by atoms with Gasteiger partial charge in [-0.3, -0.25) is 14.9 Å². The van der Waals surface area contributed by atoms with Gasteiger partial charge in [0.25, 0.3) is 11.6 Å². The predicted octanol–water partition coefficient (Wildman–Crippen LogP) is 3.97. The van der Waals surface area contributed by atoms with E-state index in [1.165, 1.54) is 0 Å². The van der Waals surface area contributed by atoms with Gasteiger partial charge in [-0.05, 0) is 43.3 Å². The van der Waals surface area contributed by atoms with Gasteiger partial charge in [-0.2, -0.15) is 13.2 Å². The van der Waals surface area contributed by atoms with Gasteiger partial charge in [-0.15, -0.1) is 0 Å². The van der Waals surface area contributed by atoms with Crippen LogP contribution in [0.25, 0.3) is 0 Å². The Balaban J connectivity index is 1.70. The number of halogens is 3. The average molecular weight is 423 g/mol. The van der Waals surface area contributed by atoms with Crippen molar-refractivity contribution in [2.75, 3.05) is 37.7 Å². The van der Waals surface area contributed by atoms with Crippen LogP contribution < -0.4 is 9.64 Å². The zero-order valence-electron chi connectivity index (χ0n) is 16.2. The lowest BCUT2D eigenvalue weighted by molar-refractivity contribution is -0.384. The molecule has 0 aromatic heterocycles. The summed E-state index contributed by atoms with van der Waals surface area (Å²) in [5.41, 5.74) is -1.06. The molecule has 10 heteroatoms.